The molecule has 76 valence electrons. The number of halogens is 1. The van der Waals surface area contributed by atoms with Crippen molar-refractivity contribution in [3.05, 3.63) is 35.9 Å². The fourth-order valence-corrected chi connectivity index (χ4v) is 1.26. The fourth-order valence-electron chi connectivity index (χ4n) is 1.11. The molecule has 0 aliphatic rings. The van der Waals surface area contributed by atoms with Crippen molar-refractivity contribution in [3.63, 3.8) is 0 Å². The third kappa shape index (κ3) is 1.87. The van der Waals surface area contributed by atoms with E-state index in [0.29, 0.717) is 5.56 Å². The first kappa shape index (κ1) is 11.0. The summed E-state index contributed by atoms with van der Waals surface area (Å²) >= 11 is 5.02. The maximum Gasteiger partial charge on any atom is 0.350 e. The maximum absolute atomic E-state index is 11.4. The van der Waals surface area contributed by atoms with Crippen molar-refractivity contribution in [2.75, 3.05) is 0 Å². The molecule has 4 nitrogen and oxygen atoms in total. The summed E-state index contributed by atoms with van der Waals surface area (Å²) in [7, 11) is 0. The molecule has 0 saturated carbocycles. The van der Waals surface area contributed by atoms with Crippen LogP contribution in [0.2, 0.25) is 0 Å². The molecule has 0 aliphatic carbocycles. The summed E-state index contributed by atoms with van der Waals surface area (Å²) in [5.74, 6) is 4.66. The second kappa shape index (κ2) is 4.41. The van der Waals surface area contributed by atoms with Crippen LogP contribution in [-0.2, 0) is 14.6 Å². The van der Waals surface area contributed by atoms with Gasteiger partial charge in [-0.25, -0.2) is 10.2 Å². The van der Waals surface area contributed by atoms with Gasteiger partial charge in [-0.2, -0.15) is 0 Å². The van der Waals surface area contributed by atoms with Crippen LogP contribution in [0.1, 0.15) is 12.5 Å². The average molecular weight is 215 g/mol. The molecule has 0 heterocycles. The number of rotatable bonds is 3. The zero-order valence-electron chi connectivity index (χ0n) is 7.66. The number of nitrogens with one attached hydrogen (secondary N) is 1. The Bertz CT molecular complexity index is 318. The Morgan fingerprint density at radius 2 is 2.07 bits per heavy atom. The minimum absolute atomic E-state index is 0.645. The zero-order valence-corrected chi connectivity index (χ0v) is 8.41. The van der Waals surface area contributed by atoms with E-state index in [1.807, 2.05) is 6.07 Å². The first-order chi connectivity index (χ1) is 6.65. The van der Waals surface area contributed by atoms with E-state index in [0.717, 1.165) is 0 Å². The van der Waals surface area contributed by atoms with Crippen LogP contribution >= 0.6 is 11.9 Å². The molecular weight excluding hydrogens is 204 g/mol. The zero-order chi connectivity index (χ0) is 10.6. The second-order valence-electron chi connectivity index (χ2n) is 3.00. The van der Waals surface area contributed by atoms with Crippen molar-refractivity contribution < 1.29 is 9.08 Å². The number of hydrogen-bond acceptors (Lipinski definition) is 4. The van der Waals surface area contributed by atoms with E-state index < -0.39 is 11.5 Å². The first-order valence-corrected chi connectivity index (χ1v) is 4.32. The molecule has 0 radical (unpaired) electrons. The van der Waals surface area contributed by atoms with E-state index in [1.165, 1.54) is 0 Å². The molecule has 1 unspecified atom stereocenters. The molecule has 0 bridgehead atoms. The molecule has 1 rings (SSSR count). The lowest BCUT2D eigenvalue weighted by molar-refractivity contribution is -0.141. The smallest absolute Gasteiger partial charge is 0.345 e. The number of hydrogen-bond donors (Lipinski definition) is 2. The second-order valence-corrected chi connectivity index (χ2v) is 3.15. The number of nitrogens with two attached hydrogens (primary N) is 1. The molecule has 0 spiro atoms. The van der Waals surface area contributed by atoms with Crippen LogP contribution in [0.4, 0.5) is 0 Å². The molecule has 0 amide bonds. The van der Waals surface area contributed by atoms with E-state index in [2.05, 4.69) is 9.72 Å². The minimum Gasteiger partial charge on any atom is -0.345 e. The van der Waals surface area contributed by atoms with Crippen molar-refractivity contribution in [3.8, 4) is 0 Å². The minimum atomic E-state index is -1.12. The molecule has 3 N–H and O–H groups in total. The monoisotopic (exact) mass is 214 g/mol. The first-order valence-electron chi connectivity index (χ1n) is 4.01. The largest absolute Gasteiger partial charge is 0.350 e. The highest BCUT2D eigenvalue weighted by atomic mass is 35.5. The standard InChI is InChI=1S/C9H11ClN2O2/c1-9(12-11,8(13)14-10)7-5-3-2-4-6-7/h2-6,12H,11H2,1H3. The molecule has 0 saturated heterocycles. The van der Waals surface area contributed by atoms with Crippen LogP contribution in [0.3, 0.4) is 0 Å². The Hall–Kier alpha value is -1.10. The Balaban J connectivity index is 3.08. The third-order valence-corrected chi connectivity index (χ3v) is 2.26. The summed E-state index contributed by atoms with van der Waals surface area (Å²) in [5.41, 5.74) is 1.95. The van der Waals surface area contributed by atoms with Gasteiger partial charge in [-0.15, -0.1) is 0 Å². The van der Waals surface area contributed by atoms with Crippen molar-refractivity contribution in [1.82, 2.24) is 5.43 Å². The molecule has 0 aliphatic heterocycles. The van der Waals surface area contributed by atoms with E-state index in [4.69, 9.17) is 17.7 Å². The Morgan fingerprint density at radius 3 is 2.50 bits per heavy atom. The van der Waals surface area contributed by atoms with Crippen LogP contribution < -0.4 is 11.3 Å². The highest BCUT2D eigenvalue weighted by Gasteiger charge is 2.35. The Morgan fingerprint density at radius 1 is 1.50 bits per heavy atom. The van der Waals surface area contributed by atoms with Crippen LogP contribution in [0.25, 0.3) is 0 Å². The Labute approximate surface area is 87.1 Å². The van der Waals surface area contributed by atoms with Crippen LogP contribution in [0, 0.1) is 0 Å². The molecule has 0 aromatic heterocycles. The quantitative estimate of drug-likeness (QED) is 0.584. The molecule has 1 aromatic carbocycles. The van der Waals surface area contributed by atoms with Crippen molar-refractivity contribution >= 4 is 17.8 Å². The molecule has 5 heteroatoms. The van der Waals surface area contributed by atoms with Gasteiger partial charge in [-0.05, 0) is 12.5 Å². The molecule has 1 atom stereocenters. The highest BCUT2D eigenvalue weighted by Crippen LogP contribution is 2.21. The number of carbonyl (C=O) groups excluding carboxylic acids is 1. The third-order valence-electron chi connectivity index (χ3n) is 2.12. The van der Waals surface area contributed by atoms with Crippen molar-refractivity contribution in [2.45, 2.75) is 12.5 Å². The van der Waals surface area contributed by atoms with Crippen LogP contribution in [-0.4, -0.2) is 5.97 Å². The van der Waals surface area contributed by atoms with Crippen molar-refractivity contribution in [1.29, 1.82) is 0 Å². The van der Waals surface area contributed by atoms with Gasteiger partial charge in [0.15, 0.2) is 5.54 Å². The lowest BCUT2D eigenvalue weighted by Gasteiger charge is -2.24. The topological polar surface area (TPSA) is 64.3 Å². The summed E-state index contributed by atoms with van der Waals surface area (Å²) in [6, 6.07) is 8.95. The number of carbonyl (C=O) groups is 1. The van der Waals surface area contributed by atoms with E-state index in [-0.39, 0.29) is 0 Å². The van der Waals surface area contributed by atoms with Gasteiger partial charge in [0, 0.05) is 0 Å². The predicted octanol–water partition coefficient (Wildman–Crippen LogP) is 1.06. The van der Waals surface area contributed by atoms with E-state index in [1.54, 1.807) is 31.2 Å². The predicted molar refractivity (Wildman–Crippen MR) is 53.1 cm³/mol. The van der Waals surface area contributed by atoms with Gasteiger partial charge in [0.2, 0.25) is 0 Å². The normalized spacial score (nSPS) is 14.5. The summed E-state index contributed by atoms with van der Waals surface area (Å²) in [5, 5.41) is 0. The SMILES string of the molecule is CC(NN)(C(=O)OCl)c1ccccc1. The van der Waals surface area contributed by atoms with Gasteiger partial charge in [-0.3, -0.25) is 5.84 Å². The molecule has 1 aromatic rings. The van der Waals surface area contributed by atoms with Gasteiger partial charge in [0.25, 0.3) is 0 Å². The average Bonchev–Trinajstić information content (AvgIpc) is 2.28. The molecule has 14 heavy (non-hydrogen) atoms. The lowest BCUT2D eigenvalue weighted by atomic mass is 9.93. The van der Waals surface area contributed by atoms with Crippen LogP contribution in [0.5, 0.6) is 0 Å². The van der Waals surface area contributed by atoms with Gasteiger partial charge in [0.1, 0.15) is 11.9 Å². The fraction of sp³-hybridized carbons (Fsp3) is 0.222. The van der Waals surface area contributed by atoms with E-state index in [9.17, 15) is 4.79 Å². The van der Waals surface area contributed by atoms with Gasteiger partial charge in [-0.1, -0.05) is 30.3 Å². The lowest BCUT2D eigenvalue weighted by Crippen LogP contribution is -2.50. The van der Waals surface area contributed by atoms with Crippen molar-refractivity contribution in [2.24, 2.45) is 5.84 Å². The van der Waals surface area contributed by atoms with E-state index >= 15 is 0 Å². The number of hydrazine groups is 1. The maximum atomic E-state index is 11.4. The van der Waals surface area contributed by atoms with Crippen LogP contribution in [0.15, 0.2) is 30.3 Å². The summed E-state index contributed by atoms with van der Waals surface area (Å²) in [6.07, 6.45) is 0. The Kier molecular flexibility index (Phi) is 3.46. The van der Waals surface area contributed by atoms with Gasteiger partial charge < -0.3 is 4.29 Å². The summed E-state index contributed by atoms with van der Waals surface area (Å²) in [6.45, 7) is 1.59. The van der Waals surface area contributed by atoms with Gasteiger partial charge in [0.05, 0.1) is 0 Å². The molecule has 0 fully saturated rings. The van der Waals surface area contributed by atoms with Gasteiger partial charge >= 0.3 is 5.97 Å². The number of benzene rings is 1. The highest BCUT2D eigenvalue weighted by molar-refractivity contribution is 6.14. The molecular formula is C9H11ClN2O2. The summed E-state index contributed by atoms with van der Waals surface area (Å²) in [4.78, 5) is 11.4. The summed E-state index contributed by atoms with van der Waals surface area (Å²) < 4.78 is 4.15.